The number of amides is 1. The molecule has 0 unspecified atom stereocenters. The van der Waals surface area contributed by atoms with Gasteiger partial charge in [-0.3, -0.25) is 14.9 Å². The molecule has 112 valence electrons. The van der Waals surface area contributed by atoms with Crippen molar-refractivity contribution in [3.63, 3.8) is 0 Å². The van der Waals surface area contributed by atoms with Gasteiger partial charge in [0.15, 0.2) is 0 Å². The molecule has 1 saturated heterocycles. The average molecular weight is 290 g/mol. The van der Waals surface area contributed by atoms with Gasteiger partial charge < -0.3 is 10.2 Å². The lowest BCUT2D eigenvalue weighted by Crippen LogP contribution is -2.43. The molecule has 7 nitrogen and oxygen atoms in total. The predicted octanol–water partition coefficient (Wildman–Crippen LogP) is 1.48. The van der Waals surface area contributed by atoms with Crippen molar-refractivity contribution in [2.45, 2.75) is 31.7 Å². The molecule has 1 atom stereocenters. The number of rotatable bonds is 4. The number of hydrogen-bond donors (Lipinski definition) is 1. The van der Waals surface area contributed by atoms with Gasteiger partial charge in [0.25, 0.3) is 5.69 Å². The van der Waals surface area contributed by atoms with Crippen LogP contribution in [0, 0.1) is 16.0 Å². The number of pyridine rings is 1. The molecule has 21 heavy (non-hydrogen) atoms. The maximum Gasteiger partial charge on any atom is 0.287 e. The molecule has 1 aromatic rings. The Morgan fingerprint density at radius 1 is 1.38 bits per heavy atom. The number of nitrogens with zero attached hydrogens (tertiary/aromatic N) is 3. The number of nitro groups is 1. The van der Waals surface area contributed by atoms with Crippen molar-refractivity contribution in [3.8, 4) is 0 Å². The summed E-state index contributed by atoms with van der Waals surface area (Å²) in [5.74, 6) is 0.810. The third-order valence-corrected chi connectivity index (χ3v) is 3.98. The largest absolute Gasteiger partial charge is 0.356 e. The number of carbonyl (C=O) groups excluding carboxylic acids is 1. The monoisotopic (exact) mass is 290 g/mol. The molecule has 1 amide bonds. The van der Waals surface area contributed by atoms with Crippen LogP contribution in [0.1, 0.15) is 25.7 Å². The van der Waals surface area contributed by atoms with Crippen molar-refractivity contribution >= 4 is 17.4 Å². The summed E-state index contributed by atoms with van der Waals surface area (Å²) in [5, 5.41) is 13.7. The summed E-state index contributed by atoms with van der Waals surface area (Å²) in [7, 11) is 0. The molecular weight excluding hydrogens is 272 g/mol. The number of piperidine rings is 1. The quantitative estimate of drug-likeness (QED) is 0.670. The summed E-state index contributed by atoms with van der Waals surface area (Å²) in [6, 6.07) is 3.49. The molecule has 1 aromatic heterocycles. The minimum absolute atomic E-state index is 0.0150. The van der Waals surface area contributed by atoms with Crippen LogP contribution in [0.25, 0.3) is 0 Å². The fourth-order valence-corrected chi connectivity index (χ4v) is 2.62. The van der Waals surface area contributed by atoms with E-state index in [4.69, 9.17) is 0 Å². The lowest BCUT2D eigenvalue weighted by molar-refractivity contribution is -0.385. The van der Waals surface area contributed by atoms with E-state index < -0.39 is 4.92 Å². The van der Waals surface area contributed by atoms with Gasteiger partial charge in [-0.1, -0.05) is 0 Å². The maximum absolute atomic E-state index is 12.1. The summed E-state index contributed by atoms with van der Waals surface area (Å²) in [6.07, 6.45) is 5.27. The molecule has 1 N–H and O–H groups in total. The first kappa shape index (κ1) is 13.8. The Labute approximate surface area is 122 Å². The van der Waals surface area contributed by atoms with E-state index in [-0.39, 0.29) is 17.5 Å². The second-order valence-electron chi connectivity index (χ2n) is 5.70. The van der Waals surface area contributed by atoms with E-state index in [1.165, 1.54) is 12.3 Å². The van der Waals surface area contributed by atoms with E-state index in [2.05, 4.69) is 10.3 Å². The molecule has 1 aliphatic carbocycles. The summed E-state index contributed by atoms with van der Waals surface area (Å²) >= 11 is 0. The molecule has 7 heteroatoms. The minimum Gasteiger partial charge on any atom is -0.356 e. The zero-order chi connectivity index (χ0) is 14.8. The third-order valence-electron chi connectivity index (χ3n) is 3.98. The Bertz CT molecular complexity index is 542. The zero-order valence-electron chi connectivity index (χ0n) is 11.7. The molecule has 2 fully saturated rings. The van der Waals surface area contributed by atoms with Crippen molar-refractivity contribution < 1.29 is 9.72 Å². The van der Waals surface area contributed by atoms with Gasteiger partial charge in [0.1, 0.15) is 12.0 Å². The predicted molar refractivity (Wildman–Crippen MR) is 77.0 cm³/mol. The van der Waals surface area contributed by atoms with Crippen molar-refractivity contribution in [3.05, 3.63) is 28.4 Å². The Balaban J connectivity index is 1.64. The molecule has 2 heterocycles. The van der Waals surface area contributed by atoms with Gasteiger partial charge in [0.05, 0.1) is 10.8 Å². The smallest absolute Gasteiger partial charge is 0.287 e. The standard InChI is InChI=1S/C14H18N4O3/c19-14(16-11-3-4-11)10-2-1-7-17(9-10)13-6-5-12(8-15-13)18(20)21/h5-6,8,10-11H,1-4,7,9H2,(H,16,19)/t10-/m1/s1. The fourth-order valence-electron chi connectivity index (χ4n) is 2.62. The second-order valence-corrected chi connectivity index (χ2v) is 5.70. The highest BCUT2D eigenvalue weighted by molar-refractivity contribution is 5.80. The highest BCUT2D eigenvalue weighted by Crippen LogP contribution is 2.25. The summed E-state index contributed by atoms with van der Waals surface area (Å²) in [4.78, 5) is 28.5. The number of aromatic nitrogens is 1. The molecule has 3 rings (SSSR count). The van der Waals surface area contributed by atoms with E-state index >= 15 is 0 Å². The first-order valence-corrected chi connectivity index (χ1v) is 7.29. The normalized spacial score (nSPS) is 21.9. The van der Waals surface area contributed by atoms with Crippen LogP contribution in [0.5, 0.6) is 0 Å². The van der Waals surface area contributed by atoms with Crippen LogP contribution in [0.2, 0.25) is 0 Å². The van der Waals surface area contributed by atoms with Crippen LogP contribution in [-0.4, -0.2) is 34.9 Å². The van der Waals surface area contributed by atoms with E-state index in [1.807, 2.05) is 4.90 Å². The van der Waals surface area contributed by atoms with E-state index in [0.717, 1.165) is 32.2 Å². The first-order valence-electron chi connectivity index (χ1n) is 7.29. The molecule has 2 aliphatic rings. The maximum atomic E-state index is 12.1. The van der Waals surface area contributed by atoms with Gasteiger partial charge in [-0.05, 0) is 31.7 Å². The van der Waals surface area contributed by atoms with Crippen LogP contribution in [0.3, 0.4) is 0 Å². The Morgan fingerprint density at radius 2 is 2.19 bits per heavy atom. The van der Waals surface area contributed by atoms with Crippen LogP contribution >= 0.6 is 0 Å². The van der Waals surface area contributed by atoms with E-state index in [9.17, 15) is 14.9 Å². The Kier molecular flexibility index (Phi) is 3.72. The van der Waals surface area contributed by atoms with Gasteiger partial charge in [0, 0.05) is 25.2 Å². The number of hydrogen-bond acceptors (Lipinski definition) is 5. The van der Waals surface area contributed by atoms with Crippen LogP contribution in [-0.2, 0) is 4.79 Å². The summed E-state index contributed by atoms with van der Waals surface area (Å²) < 4.78 is 0. The van der Waals surface area contributed by atoms with E-state index in [1.54, 1.807) is 6.07 Å². The van der Waals surface area contributed by atoms with Crippen LogP contribution in [0.15, 0.2) is 18.3 Å². The summed E-state index contributed by atoms with van der Waals surface area (Å²) in [6.45, 7) is 1.46. The molecule has 1 aliphatic heterocycles. The van der Waals surface area contributed by atoms with Crippen molar-refractivity contribution in [2.24, 2.45) is 5.92 Å². The van der Waals surface area contributed by atoms with Crippen molar-refractivity contribution in [1.29, 1.82) is 0 Å². The third kappa shape index (κ3) is 3.29. The van der Waals surface area contributed by atoms with Gasteiger partial charge >= 0.3 is 0 Å². The Hall–Kier alpha value is -2.18. The first-order chi connectivity index (χ1) is 10.1. The molecule has 0 radical (unpaired) electrons. The lowest BCUT2D eigenvalue weighted by Gasteiger charge is -2.32. The molecular formula is C14H18N4O3. The van der Waals surface area contributed by atoms with E-state index in [0.29, 0.717) is 18.4 Å². The van der Waals surface area contributed by atoms with Crippen molar-refractivity contribution in [2.75, 3.05) is 18.0 Å². The topological polar surface area (TPSA) is 88.4 Å². The SMILES string of the molecule is O=C(NC1CC1)[C@@H]1CCCN(c2ccc([N+](=O)[O-])cn2)C1. The highest BCUT2D eigenvalue weighted by atomic mass is 16.6. The number of carbonyl (C=O) groups is 1. The lowest BCUT2D eigenvalue weighted by atomic mass is 9.97. The minimum atomic E-state index is -0.459. The molecule has 0 spiro atoms. The van der Waals surface area contributed by atoms with Crippen LogP contribution < -0.4 is 10.2 Å². The summed E-state index contributed by atoms with van der Waals surface area (Å²) in [5.41, 5.74) is -0.0150. The fraction of sp³-hybridized carbons (Fsp3) is 0.571. The van der Waals surface area contributed by atoms with Gasteiger partial charge in [-0.15, -0.1) is 0 Å². The van der Waals surface area contributed by atoms with Crippen molar-refractivity contribution in [1.82, 2.24) is 10.3 Å². The average Bonchev–Trinajstić information content (AvgIpc) is 3.31. The Morgan fingerprint density at radius 3 is 2.81 bits per heavy atom. The number of anilines is 1. The molecule has 1 saturated carbocycles. The van der Waals surface area contributed by atoms with Gasteiger partial charge in [-0.2, -0.15) is 0 Å². The molecule has 0 aromatic carbocycles. The number of nitrogens with one attached hydrogen (secondary N) is 1. The van der Waals surface area contributed by atoms with Crippen LogP contribution in [0.4, 0.5) is 11.5 Å². The molecule has 0 bridgehead atoms. The van der Waals surface area contributed by atoms with Gasteiger partial charge in [0.2, 0.25) is 5.91 Å². The zero-order valence-corrected chi connectivity index (χ0v) is 11.7. The van der Waals surface area contributed by atoms with Gasteiger partial charge in [-0.25, -0.2) is 4.98 Å². The highest BCUT2D eigenvalue weighted by Gasteiger charge is 2.30. The second kappa shape index (κ2) is 5.67.